The summed E-state index contributed by atoms with van der Waals surface area (Å²) in [6.45, 7) is 2.00. The maximum absolute atomic E-state index is 11.4. The molecule has 4 heteroatoms. The Balaban J connectivity index is 2.25. The zero-order valence-electron chi connectivity index (χ0n) is 13.2. The average molecular weight is 316 g/mol. The maximum atomic E-state index is 11.4. The molecule has 1 amide bonds. The molecule has 0 fully saturated rings. The molecule has 3 aromatic carbocycles. The Hall–Kier alpha value is -3.32. The highest BCUT2D eigenvalue weighted by Gasteiger charge is 2.13. The van der Waals surface area contributed by atoms with Crippen LogP contribution in [0, 0.1) is 18.3 Å². The van der Waals surface area contributed by atoms with Gasteiger partial charge in [-0.3, -0.25) is 4.79 Å². The molecule has 0 aromatic heterocycles. The van der Waals surface area contributed by atoms with E-state index in [2.05, 4.69) is 0 Å². The van der Waals surface area contributed by atoms with E-state index in [1.54, 1.807) is 12.1 Å². The summed E-state index contributed by atoms with van der Waals surface area (Å²) in [4.78, 5) is 11.4. The van der Waals surface area contributed by atoms with Crippen LogP contribution in [0.4, 0.5) is 0 Å². The summed E-state index contributed by atoms with van der Waals surface area (Å²) in [5, 5.41) is 10.6. The predicted molar refractivity (Wildman–Crippen MR) is 93.7 cm³/mol. The van der Waals surface area contributed by atoms with Crippen LogP contribution in [0.5, 0.6) is 5.75 Å². The Bertz CT molecular complexity index is 954. The van der Waals surface area contributed by atoms with Gasteiger partial charge in [-0.25, -0.2) is 0 Å². The van der Waals surface area contributed by atoms with Gasteiger partial charge in [0.05, 0.1) is 0 Å². The first-order valence-corrected chi connectivity index (χ1v) is 7.53. The second kappa shape index (κ2) is 6.43. The van der Waals surface area contributed by atoms with Gasteiger partial charge in [-0.2, -0.15) is 5.26 Å². The molecule has 0 atom stereocenters. The van der Waals surface area contributed by atoms with Crippen molar-refractivity contribution in [1.82, 2.24) is 0 Å². The second-order valence-corrected chi connectivity index (χ2v) is 5.55. The molecular formula is C20H16N2O2. The SMILES string of the molecule is Cc1ccc(-c2c(OCC#N)ccc3cc(C(N)=O)ccc23)cc1. The molecule has 0 saturated heterocycles. The van der Waals surface area contributed by atoms with Gasteiger partial charge in [0.15, 0.2) is 6.61 Å². The number of nitriles is 1. The summed E-state index contributed by atoms with van der Waals surface area (Å²) in [6, 6.07) is 19.1. The van der Waals surface area contributed by atoms with Crippen LogP contribution in [-0.4, -0.2) is 12.5 Å². The van der Waals surface area contributed by atoms with Crippen molar-refractivity contribution in [3.63, 3.8) is 0 Å². The molecule has 0 saturated carbocycles. The number of carbonyl (C=O) groups is 1. The van der Waals surface area contributed by atoms with Gasteiger partial charge < -0.3 is 10.5 Å². The summed E-state index contributed by atoms with van der Waals surface area (Å²) < 4.78 is 5.60. The smallest absolute Gasteiger partial charge is 0.248 e. The van der Waals surface area contributed by atoms with Crippen molar-refractivity contribution in [3.8, 4) is 22.9 Å². The number of amides is 1. The van der Waals surface area contributed by atoms with E-state index in [0.717, 1.165) is 27.5 Å². The Morgan fingerprint density at radius 2 is 1.88 bits per heavy atom. The Morgan fingerprint density at radius 1 is 1.12 bits per heavy atom. The first-order valence-electron chi connectivity index (χ1n) is 7.53. The third-order valence-corrected chi connectivity index (χ3v) is 3.90. The fourth-order valence-corrected chi connectivity index (χ4v) is 2.71. The van der Waals surface area contributed by atoms with Crippen molar-refractivity contribution in [2.75, 3.05) is 6.61 Å². The molecule has 0 aliphatic rings. The van der Waals surface area contributed by atoms with E-state index in [4.69, 9.17) is 15.7 Å². The van der Waals surface area contributed by atoms with Crippen molar-refractivity contribution >= 4 is 16.7 Å². The Labute approximate surface area is 140 Å². The van der Waals surface area contributed by atoms with E-state index in [1.165, 1.54) is 0 Å². The van der Waals surface area contributed by atoms with Gasteiger partial charge in [-0.1, -0.05) is 42.0 Å². The summed E-state index contributed by atoms with van der Waals surface area (Å²) in [5.41, 5.74) is 8.88. The van der Waals surface area contributed by atoms with Crippen molar-refractivity contribution in [1.29, 1.82) is 5.26 Å². The molecule has 0 bridgehead atoms. The van der Waals surface area contributed by atoms with Gasteiger partial charge in [0.2, 0.25) is 5.91 Å². The molecule has 0 radical (unpaired) electrons. The first-order chi connectivity index (χ1) is 11.6. The van der Waals surface area contributed by atoms with Crippen LogP contribution < -0.4 is 10.5 Å². The molecule has 0 unspecified atom stereocenters. The van der Waals surface area contributed by atoms with Crippen LogP contribution in [0.1, 0.15) is 15.9 Å². The number of aryl methyl sites for hydroxylation is 1. The molecule has 0 aliphatic carbocycles. The molecule has 3 aromatic rings. The van der Waals surface area contributed by atoms with Crippen molar-refractivity contribution in [2.24, 2.45) is 5.73 Å². The van der Waals surface area contributed by atoms with E-state index in [9.17, 15) is 4.79 Å². The zero-order valence-corrected chi connectivity index (χ0v) is 13.2. The zero-order chi connectivity index (χ0) is 17.1. The van der Waals surface area contributed by atoms with Crippen molar-refractivity contribution in [2.45, 2.75) is 6.92 Å². The van der Waals surface area contributed by atoms with E-state index < -0.39 is 5.91 Å². The first kappa shape index (κ1) is 15.6. The molecule has 0 aliphatic heterocycles. The third kappa shape index (κ3) is 2.92. The fraction of sp³-hybridized carbons (Fsp3) is 0.100. The highest BCUT2D eigenvalue weighted by molar-refractivity contribution is 6.04. The number of nitrogens with two attached hydrogens (primary N) is 1. The van der Waals surface area contributed by atoms with Crippen LogP contribution in [0.15, 0.2) is 54.6 Å². The van der Waals surface area contributed by atoms with Crippen LogP contribution in [0.3, 0.4) is 0 Å². The minimum atomic E-state index is -0.460. The van der Waals surface area contributed by atoms with Gasteiger partial charge in [0, 0.05) is 11.1 Å². The summed E-state index contributed by atoms with van der Waals surface area (Å²) in [6.07, 6.45) is 0. The topological polar surface area (TPSA) is 76.1 Å². The highest BCUT2D eigenvalue weighted by atomic mass is 16.5. The van der Waals surface area contributed by atoms with E-state index in [0.29, 0.717) is 11.3 Å². The lowest BCUT2D eigenvalue weighted by atomic mass is 9.95. The lowest BCUT2D eigenvalue weighted by Crippen LogP contribution is -2.10. The Morgan fingerprint density at radius 3 is 2.54 bits per heavy atom. The quantitative estimate of drug-likeness (QED) is 0.795. The molecule has 3 rings (SSSR count). The normalized spacial score (nSPS) is 10.3. The Kier molecular flexibility index (Phi) is 4.17. The summed E-state index contributed by atoms with van der Waals surface area (Å²) in [7, 11) is 0. The van der Waals surface area contributed by atoms with Gasteiger partial charge >= 0.3 is 0 Å². The number of rotatable bonds is 4. The third-order valence-electron chi connectivity index (χ3n) is 3.90. The molecule has 0 spiro atoms. The summed E-state index contributed by atoms with van der Waals surface area (Å²) >= 11 is 0. The summed E-state index contributed by atoms with van der Waals surface area (Å²) in [5.74, 6) is 0.179. The predicted octanol–water partition coefficient (Wildman–Crippen LogP) is 3.82. The van der Waals surface area contributed by atoms with Gasteiger partial charge in [-0.15, -0.1) is 0 Å². The molecule has 24 heavy (non-hydrogen) atoms. The van der Waals surface area contributed by atoms with E-state index in [1.807, 2.05) is 55.5 Å². The van der Waals surface area contributed by atoms with Crippen LogP contribution >= 0.6 is 0 Å². The number of fused-ring (bicyclic) bond motifs is 1. The number of hydrogen-bond donors (Lipinski definition) is 1. The molecule has 118 valence electrons. The van der Waals surface area contributed by atoms with E-state index in [-0.39, 0.29) is 6.61 Å². The lowest BCUT2D eigenvalue weighted by Gasteiger charge is -2.14. The number of ether oxygens (including phenoxy) is 1. The van der Waals surface area contributed by atoms with Gasteiger partial charge in [0.25, 0.3) is 0 Å². The van der Waals surface area contributed by atoms with Crippen LogP contribution in [0.25, 0.3) is 21.9 Å². The largest absolute Gasteiger partial charge is 0.478 e. The van der Waals surface area contributed by atoms with Crippen LogP contribution in [-0.2, 0) is 0 Å². The molecule has 4 nitrogen and oxygen atoms in total. The van der Waals surface area contributed by atoms with Crippen molar-refractivity contribution in [3.05, 3.63) is 65.7 Å². The number of primary amides is 1. The number of benzene rings is 3. The maximum Gasteiger partial charge on any atom is 0.248 e. The number of carbonyl (C=O) groups excluding carboxylic acids is 1. The van der Waals surface area contributed by atoms with Crippen molar-refractivity contribution < 1.29 is 9.53 Å². The standard InChI is InChI=1S/C20H16N2O2/c1-13-2-4-14(5-3-13)19-17-8-6-16(20(22)23)12-15(17)7-9-18(19)24-11-10-21/h2-9,12H,11H2,1H3,(H2,22,23). The van der Waals surface area contributed by atoms with Crippen LogP contribution in [0.2, 0.25) is 0 Å². The minimum Gasteiger partial charge on any atom is -0.478 e. The second-order valence-electron chi connectivity index (χ2n) is 5.55. The van der Waals surface area contributed by atoms with E-state index >= 15 is 0 Å². The van der Waals surface area contributed by atoms with Gasteiger partial charge in [-0.05, 0) is 41.5 Å². The molecule has 0 heterocycles. The lowest BCUT2D eigenvalue weighted by molar-refractivity contribution is 0.100. The number of nitrogens with zero attached hydrogens (tertiary/aromatic N) is 1. The highest BCUT2D eigenvalue weighted by Crippen LogP contribution is 2.37. The minimum absolute atomic E-state index is 0.0241. The fourth-order valence-electron chi connectivity index (χ4n) is 2.71. The monoisotopic (exact) mass is 316 g/mol. The number of hydrogen-bond acceptors (Lipinski definition) is 3. The van der Waals surface area contributed by atoms with Gasteiger partial charge in [0.1, 0.15) is 11.8 Å². The molecular weight excluding hydrogens is 300 g/mol. The average Bonchev–Trinajstić information content (AvgIpc) is 2.59. The molecule has 2 N–H and O–H groups in total.